The lowest BCUT2D eigenvalue weighted by molar-refractivity contribution is 0.217. The number of hydrogen-bond acceptors (Lipinski definition) is 2. The van der Waals surface area contributed by atoms with Gasteiger partial charge < -0.3 is 10.1 Å². The third-order valence-corrected chi connectivity index (χ3v) is 3.36. The van der Waals surface area contributed by atoms with Gasteiger partial charge in [-0.1, -0.05) is 43.0 Å². The van der Waals surface area contributed by atoms with Gasteiger partial charge in [0.15, 0.2) is 0 Å². The average molecular weight is 290 g/mol. The minimum Gasteiger partial charge on any atom is -0.489 e. The van der Waals surface area contributed by atoms with Crippen LogP contribution in [-0.4, -0.2) is 19.2 Å². The molecule has 0 spiro atoms. The van der Waals surface area contributed by atoms with E-state index in [1.165, 1.54) is 19.3 Å². The zero-order valence-electron chi connectivity index (χ0n) is 11.0. The average Bonchev–Trinajstić information content (AvgIpc) is 2.34. The number of nitrogens with one attached hydrogen (secondary N) is 1. The first-order chi connectivity index (χ1) is 8.63. The highest BCUT2D eigenvalue weighted by Gasteiger charge is 2.05. The molecule has 1 rings (SSSR count). The van der Waals surface area contributed by atoms with Crippen molar-refractivity contribution < 1.29 is 4.74 Å². The molecule has 2 nitrogen and oxygen atoms in total. The number of halogens is 2. The van der Waals surface area contributed by atoms with Crippen LogP contribution in [-0.2, 0) is 0 Å². The standard InChI is InChI=1S/C14H21Cl2NO/c1-3-4-5-8-17-10-11(2)18-12-6-7-13(15)14(16)9-12/h6-7,9,11,17H,3-5,8,10H2,1-2H3. The molecule has 0 heterocycles. The normalized spacial score (nSPS) is 12.4. The monoisotopic (exact) mass is 289 g/mol. The molecule has 1 N–H and O–H groups in total. The van der Waals surface area contributed by atoms with E-state index in [1.54, 1.807) is 12.1 Å². The second-order valence-corrected chi connectivity index (χ2v) is 5.23. The summed E-state index contributed by atoms with van der Waals surface area (Å²) in [4.78, 5) is 0. The molecular formula is C14H21Cl2NO. The molecule has 0 aliphatic carbocycles. The maximum atomic E-state index is 5.93. The van der Waals surface area contributed by atoms with Crippen molar-refractivity contribution >= 4 is 23.2 Å². The van der Waals surface area contributed by atoms with E-state index in [0.29, 0.717) is 10.0 Å². The van der Waals surface area contributed by atoms with Crippen molar-refractivity contribution in [2.75, 3.05) is 13.1 Å². The highest BCUT2D eigenvalue weighted by atomic mass is 35.5. The summed E-state index contributed by atoms with van der Waals surface area (Å²) < 4.78 is 5.75. The van der Waals surface area contributed by atoms with Crippen molar-refractivity contribution in [3.05, 3.63) is 28.2 Å². The van der Waals surface area contributed by atoms with E-state index in [2.05, 4.69) is 12.2 Å². The first kappa shape index (κ1) is 15.6. The summed E-state index contributed by atoms with van der Waals surface area (Å²) in [6, 6.07) is 5.33. The molecule has 0 amide bonds. The van der Waals surface area contributed by atoms with E-state index in [1.807, 2.05) is 13.0 Å². The van der Waals surface area contributed by atoms with Crippen LogP contribution in [0.2, 0.25) is 10.0 Å². The summed E-state index contributed by atoms with van der Waals surface area (Å²) in [6.07, 6.45) is 3.85. The van der Waals surface area contributed by atoms with Crippen LogP contribution in [0.5, 0.6) is 5.75 Å². The van der Waals surface area contributed by atoms with Crippen LogP contribution in [0.4, 0.5) is 0 Å². The predicted octanol–water partition coefficient (Wildman–Crippen LogP) is 4.54. The Bertz CT molecular complexity index is 358. The van der Waals surface area contributed by atoms with Crippen LogP contribution in [0.3, 0.4) is 0 Å². The fourth-order valence-electron chi connectivity index (χ4n) is 1.63. The number of unbranched alkanes of at least 4 members (excludes halogenated alkanes) is 2. The van der Waals surface area contributed by atoms with Crippen LogP contribution in [0.25, 0.3) is 0 Å². The van der Waals surface area contributed by atoms with E-state index in [4.69, 9.17) is 27.9 Å². The van der Waals surface area contributed by atoms with Gasteiger partial charge in [-0.2, -0.15) is 0 Å². The Morgan fingerprint density at radius 2 is 2.00 bits per heavy atom. The first-order valence-electron chi connectivity index (χ1n) is 6.46. The van der Waals surface area contributed by atoms with Gasteiger partial charge in [0.2, 0.25) is 0 Å². The molecule has 1 unspecified atom stereocenters. The van der Waals surface area contributed by atoms with Crippen molar-refractivity contribution in [1.29, 1.82) is 0 Å². The maximum Gasteiger partial charge on any atom is 0.121 e. The van der Waals surface area contributed by atoms with Crippen LogP contribution < -0.4 is 10.1 Å². The second-order valence-electron chi connectivity index (χ2n) is 4.42. The molecule has 1 aromatic carbocycles. The molecule has 0 saturated heterocycles. The molecule has 0 aromatic heterocycles. The molecule has 0 radical (unpaired) electrons. The minimum absolute atomic E-state index is 0.115. The zero-order chi connectivity index (χ0) is 13.4. The summed E-state index contributed by atoms with van der Waals surface area (Å²) in [5.74, 6) is 0.757. The minimum atomic E-state index is 0.115. The van der Waals surface area contributed by atoms with E-state index >= 15 is 0 Å². The number of benzene rings is 1. The quantitative estimate of drug-likeness (QED) is 0.710. The Morgan fingerprint density at radius 1 is 1.22 bits per heavy atom. The van der Waals surface area contributed by atoms with Crippen LogP contribution >= 0.6 is 23.2 Å². The summed E-state index contributed by atoms with van der Waals surface area (Å²) in [6.45, 7) is 6.12. The highest BCUT2D eigenvalue weighted by Crippen LogP contribution is 2.26. The van der Waals surface area contributed by atoms with Gasteiger partial charge in [0.25, 0.3) is 0 Å². The Hall–Kier alpha value is -0.440. The van der Waals surface area contributed by atoms with Gasteiger partial charge in [0, 0.05) is 12.6 Å². The van der Waals surface area contributed by atoms with Crippen molar-refractivity contribution in [3.63, 3.8) is 0 Å². The Morgan fingerprint density at radius 3 is 2.67 bits per heavy atom. The SMILES string of the molecule is CCCCCNCC(C)Oc1ccc(Cl)c(Cl)c1. The van der Waals surface area contributed by atoms with E-state index < -0.39 is 0 Å². The Kier molecular flexibility index (Phi) is 7.48. The Labute approximate surface area is 120 Å². The molecule has 0 aliphatic rings. The van der Waals surface area contributed by atoms with Crippen LogP contribution in [0.1, 0.15) is 33.1 Å². The van der Waals surface area contributed by atoms with Gasteiger partial charge >= 0.3 is 0 Å². The van der Waals surface area contributed by atoms with Crippen molar-refractivity contribution in [3.8, 4) is 5.75 Å². The van der Waals surface area contributed by atoms with Crippen LogP contribution in [0.15, 0.2) is 18.2 Å². The third-order valence-electron chi connectivity index (χ3n) is 2.62. The second kappa shape index (κ2) is 8.63. The fourth-order valence-corrected chi connectivity index (χ4v) is 1.92. The lowest BCUT2D eigenvalue weighted by atomic mass is 10.2. The predicted molar refractivity (Wildman–Crippen MR) is 78.9 cm³/mol. The molecule has 1 aromatic rings. The first-order valence-corrected chi connectivity index (χ1v) is 7.21. The largest absolute Gasteiger partial charge is 0.489 e. The third kappa shape index (κ3) is 5.94. The summed E-state index contributed by atoms with van der Waals surface area (Å²) in [5, 5.41) is 4.46. The maximum absolute atomic E-state index is 5.93. The summed E-state index contributed by atoms with van der Waals surface area (Å²) >= 11 is 11.8. The lowest BCUT2D eigenvalue weighted by Crippen LogP contribution is -2.29. The molecule has 4 heteroatoms. The van der Waals surface area contributed by atoms with Gasteiger partial charge in [-0.15, -0.1) is 0 Å². The molecule has 102 valence electrons. The number of hydrogen-bond donors (Lipinski definition) is 1. The van der Waals surface area contributed by atoms with Gasteiger partial charge in [0.05, 0.1) is 10.0 Å². The van der Waals surface area contributed by atoms with Gasteiger partial charge in [0.1, 0.15) is 11.9 Å². The van der Waals surface area contributed by atoms with Crippen molar-refractivity contribution in [2.24, 2.45) is 0 Å². The molecule has 18 heavy (non-hydrogen) atoms. The fraction of sp³-hybridized carbons (Fsp3) is 0.571. The van der Waals surface area contributed by atoms with Gasteiger partial charge in [-0.25, -0.2) is 0 Å². The van der Waals surface area contributed by atoms with E-state index in [9.17, 15) is 0 Å². The number of rotatable bonds is 8. The van der Waals surface area contributed by atoms with Gasteiger partial charge in [-0.05, 0) is 32.0 Å². The van der Waals surface area contributed by atoms with Crippen molar-refractivity contribution in [1.82, 2.24) is 5.32 Å². The summed E-state index contributed by atoms with van der Waals surface area (Å²) in [7, 11) is 0. The van der Waals surface area contributed by atoms with Crippen LogP contribution in [0, 0.1) is 0 Å². The molecule has 0 aliphatic heterocycles. The topological polar surface area (TPSA) is 21.3 Å². The van der Waals surface area contributed by atoms with Crippen molar-refractivity contribution in [2.45, 2.75) is 39.2 Å². The molecule has 0 fully saturated rings. The molecular weight excluding hydrogens is 269 g/mol. The number of ether oxygens (including phenoxy) is 1. The van der Waals surface area contributed by atoms with E-state index in [-0.39, 0.29) is 6.10 Å². The molecule has 1 atom stereocenters. The smallest absolute Gasteiger partial charge is 0.121 e. The zero-order valence-corrected chi connectivity index (χ0v) is 12.5. The Balaban J connectivity index is 2.26. The highest BCUT2D eigenvalue weighted by molar-refractivity contribution is 6.42. The van der Waals surface area contributed by atoms with Gasteiger partial charge in [-0.3, -0.25) is 0 Å². The molecule has 0 saturated carbocycles. The lowest BCUT2D eigenvalue weighted by Gasteiger charge is -2.15. The molecule has 0 bridgehead atoms. The van der Waals surface area contributed by atoms with E-state index in [0.717, 1.165) is 18.8 Å². The summed E-state index contributed by atoms with van der Waals surface area (Å²) in [5.41, 5.74) is 0.